The van der Waals surface area contributed by atoms with E-state index in [0.29, 0.717) is 29.1 Å². The van der Waals surface area contributed by atoms with E-state index in [0.717, 1.165) is 12.1 Å². The molecule has 1 atom stereocenters. The molecule has 0 spiro atoms. The van der Waals surface area contributed by atoms with Gasteiger partial charge in [-0.05, 0) is 57.4 Å². The van der Waals surface area contributed by atoms with Gasteiger partial charge in [0.05, 0.1) is 23.9 Å². The molecule has 0 aliphatic carbocycles. The van der Waals surface area contributed by atoms with Crippen LogP contribution in [0.4, 0.5) is 5.69 Å². The minimum atomic E-state index is -0.418. The number of aromatic amines is 1. The molecule has 0 radical (unpaired) electrons. The van der Waals surface area contributed by atoms with Crippen molar-refractivity contribution in [2.75, 3.05) is 11.9 Å². The fourth-order valence-electron chi connectivity index (χ4n) is 2.92. The zero-order valence-corrected chi connectivity index (χ0v) is 15.5. The second kappa shape index (κ2) is 8.01. The standard InChI is InChI=1S/C20H26N2O3/c1-6-15-9-8-10-16(11-15)21-14(5)19(23)18-12(3)17(13(4)22-18)20(24)25-7-2/h8-11,14,21-22H,6-7H2,1-5H3/t14-/m1/s1. The second-order valence-corrected chi connectivity index (χ2v) is 6.13. The largest absolute Gasteiger partial charge is 0.462 e. The van der Waals surface area contributed by atoms with Crippen LogP contribution in [0.5, 0.6) is 0 Å². The van der Waals surface area contributed by atoms with E-state index in [2.05, 4.69) is 23.3 Å². The molecule has 0 amide bonds. The summed E-state index contributed by atoms with van der Waals surface area (Å²) in [5.74, 6) is -0.484. The summed E-state index contributed by atoms with van der Waals surface area (Å²) < 4.78 is 5.08. The number of esters is 1. The summed E-state index contributed by atoms with van der Waals surface area (Å²) in [6, 6.07) is 7.60. The van der Waals surface area contributed by atoms with E-state index >= 15 is 0 Å². The minimum absolute atomic E-state index is 0.0851. The number of rotatable bonds is 7. The van der Waals surface area contributed by atoms with Gasteiger partial charge in [0.1, 0.15) is 0 Å². The van der Waals surface area contributed by atoms with E-state index in [9.17, 15) is 9.59 Å². The first-order valence-electron chi connectivity index (χ1n) is 8.64. The number of Topliss-reactive ketones (excluding diaryl/α,β-unsaturated/α-hetero) is 1. The molecule has 0 unspecified atom stereocenters. The van der Waals surface area contributed by atoms with Crippen LogP contribution < -0.4 is 5.32 Å². The number of hydrogen-bond acceptors (Lipinski definition) is 4. The van der Waals surface area contributed by atoms with E-state index < -0.39 is 12.0 Å². The van der Waals surface area contributed by atoms with E-state index in [1.165, 1.54) is 5.56 Å². The van der Waals surface area contributed by atoms with Crippen LogP contribution in [0.25, 0.3) is 0 Å². The molecule has 0 aliphatic heterocycles. The van der Waals surface area contributed by atoms with Crippen LogP contribution in [-0.4, -0.2) is 29.4 Å². The summed E-state index contributed by atoms with van der Waals surface area (Å²) in [5.41, 5.74) is 4.31. The predicted octanol–water partition coefficient (Wildman–Crippen LogP) is 4.05. The number of ketones is 1. The normalized spacial score (nSPS) is 11.9. The number of aromatic nitrogens is 1. The second-order valence-electron chi connectivity index (χ2n) is 6.13. The number of ether oxygens (including phenoxy) is 1. The van der Waals surface area contributed by atoms with Crippen LogP contribution in [0.2, 0.25) is 0 Å². The van der Waals surface area contributed by atoms with Gasteiger partial charge in [-0.2, -0.15) is 0 Å². The lowest BCUT2D eigenvalue weighted by molar-refractivity contribution is 0.0525. The molecular formula is C20H26N2O3. The quantitative estimate of drug-likeness (QED) is 0.588. The number of aryl methyl sites for hydroxylation is 2. The Morgan fingerprint density at radius 3 is 2.60 bits per heavy atom. The van der Waals surface area contributed by atoms with Gasteiger partial charge in [0.15, 0.2) is 0 Å². The molecule has 1 aromatic carbocycles. The number of nitrogens with one attached hydrogen (secondary N) is 2. The molecule has 2 aromatic rings. The smallest absolute Gasteiger partial charge is 0.340 e. The summed E-state index contributed by atoms with van der Waals surface area (Å²) in [6.07, 6.45) is 0.940. The third kappa shape index (κ3) is 4.10. The lowest BCUT2D eigenvalue weighted by Gasteiger charge is -2.15. The van der Waals surface area contributed by atoms with E-state index in [4.69, 9.17) is 4.74 Å². The van der Waals surface area contributed by atoms with Crippen molar-refractivity contribution < 1.29 is 14.3 Å². The Bertz CT molecular complexity index is 777. The fourth-order valence-corrected chi connectivity index (χ4v) is 2.92. The maximum absolute atomic E-state index is 12.8. The van der Waals surface area contributed by atoms with Crippen LogP contribution in [0.15, 0.2) is 24.3 Å². The molecule has 0 bridgehead atoms. The first kappa shape index (κ1) is 18.8. The lowest BCUT2D eigenvalue weighted by Crippen LogP contribution is -2.27. The van der Waals surface area contributed by atoms with Crippen LogP contribution in [0, 0.1) is 13.8 Å². The lowest BCUT2D eigenvalue weighted by atomic mass is 10.0. The molecule has 0 saturated carbocycles. The topological polar surface area (TPSA) is 71.2 Å². The maximum Gasteiger partial charge on any atom is 0.340 e. The van der Waals surface area contributed by atoms with E-state index in [-0.39, 0.29) is 5.78 Å². The molecule has 0 saturated heterocycles. The Labute approximate surface area is 148 Å². The molecule has 2 N–H and O–H groups in total. The van der Waals surface area contributed by atoms with Crippen LogP contribution in [0.3, 0.4) is 0 Å². The molecule has 25 heavy (non-hydrogen) atoms. The van der Waals surface area contributed by atoms with Gasteiger partial charge in [-0.1, -0.05) is 19.1 Å². The van der Waals surface area contributed by atoms with Crippen molar-refractivity contribution in [1.82, 2.24) is 4.98 Å². The number of anilines is 1. The molecule has 5 heteroatoms. The minimum Gasteiger partial charge on any atom is -0.462 e. The number of carbonyl (C=O) groups excluding carboxylic acids is 2. The SMILES string of the molecule is CCOC(=O)c1c(C)[nH]c(C(=O)[C@@H](C)Nc2cccc(CC)c2)c1C. The van der Waals surface area contributed by atoms with Crippen LogP contribution in [-0.2, 0) is 11.2 Å². The third-order valence-electron chi connectivity index (χ3n) is 4.28. The molecule has 1 aromatic heterocycles. The molecule has 1 heterocycles. The molecular weight excluding hydrogens is 316 g/mol. The maximum atomic E-state index is 12.8. The number of hydrogen-bond donors (Lipinski definition) is 2. The van der Waals surface area contributed by atoms with Gasteiger partial charge in [-0.25, -0.2) is 4.79 Å². The van der Waals surface area contributed by atoms with E-state index in [1.807, 2.05) is 25.1 Å². The van der Waals surface area contributed by atoms with Crippen LogP contribution >= 0.6 is 0 Å². The summed E-state index contributed by atoms with van der Waals surface area (Å²) in [6.45, 7) is 9.53. The van der Waals surface area contributed by atoms with Gasteiger partial charge in [0.25, 0.3) is 0 Å². The molecule has 0 aliphatic rings. The highest BCUT2D eigenvalue weighted by Gasteiger charge is 2.25. The number of H-pyrrole nitrogens is 1. The van der Waals surface area contributed by atoms with Crippen molar-refractivity contribution in [3.8, 4) is 0 Å². The van der Waals surface area contributed by atoms with Gasteiger partial charge in [0.2, 0.25) is 5.78 Å². The summed E-state index contributed by atoms with van der Waals surface area (Å²) in [7, 11) is 0. The Kier molecular flexibility index (Phi) is 6.02. The van der Waals surface area contributed by atoms with Gasteiger partial charge >= 0.3 is 5.97 Å². The first-order valence-corrected chi connectivity index (χ1v) is 8.64. The van der Waals surface area contributed by atoms with Gasteiger partial charge in [0, 0.05) is 11.4 Å². The average molecular weight is 342 g/mol. The van der Waals surface area contributed by atoms with Crippen LogP contribution in [0.1, 0.15) is 58.4 Å². The van der Waals surface area contributed by atoms with Gasteiger partial charge in [-0.15, -0.1) is 0 Å². The van der Waals surface area contributed by atoms with Crippen molar-refractivity contribution >= 4 is 17.4 Å². The molecule has 134 valence electrons. The molecule has 2 rings (SSSR count). The van der Waals surface area contributed by atoms with Crippen molar-refractivity contribution in [3.05, 3.63) is 52.3 Å². The Hall–Kier alpha value is -2.56. The Morgan fingerprint density at radius 1 is 1.24 bits per heavy atom. The molecule has 5 nitrogen and oxygen atoms in total. The van der Waals surface area contributed by atoms with Crippen molar-refractivity contribution in [2.24, 2.45) is 0 Å². The number of carbonyl (C=O) groups is 2. The van der Waals surface area contributed by atoms with Gasteiger partial charge < -0.3 is 15.0 Å². The fraction of sp³-hybridized carbons (Fsp3) is 0.400. The van der Waals surface area contributed by atoms with Crippen molar-refractivity contribution in [2.45, 2.75) is 47.1 Å². The predicted molar refractivity (Wildman–Crippen MR) is 99.5 cm³/mol. The number of benzene rings is 1. The van der Waals surface area contributed by atoms with Gasteiger partial charge in [-0.3, -0.25) is 4.79 Å². The summed E-state index contributed by atoms with van der Waals surface area (Å²) >= 11 is 0. The highest BCUT2D eigenvalue weighted by atomic mass is 16.5. The zero-order chi connectivity index (χ0) is 18.6. The van der Waals surface area contributed by atoms with Crippen molar-refractivity contribution in [3.63, 3.8) is 0 Å². The Morgan fingerprint density at radius 2 is 1.96 bits per heavy atom. The summed E-state index contributed by atoms with van der Waals surface area (Å²) in [5, 5.41) is 3.24. The molecule has 0 fully saturated rings. The highest BCUT2D eigenvalue weighted by Crippen LogP contribution is 2.21. The zero-order valence-electron chi connectivity index (χ0n) is 15.5. The summed E-state index contributed by atoms with van der Waals surface area (Å²) in [4.78, 5) is 28.0. The first-order chi connectivity index (χ1) is 11.9. The monoisotopic (exact) mass is 342 g/mol. The average Bonchev–Trinajstić information content (AvgIpc) is 2.89. The van der Waals surface area contributed by atoms with Crippen molar-refractivity contribution in [1.29, 1.82) is 0 Å². The highest BCUT2D eigenvalue weighted by molar-refractivity contribution is 6.04. The Balaban J connectivity index is 2.22. The van der Waals surface area contributed by atoms with E-state index in [1.54, 1.807) is 20.8 Å². The third-order valence-corrected chi connectivity index (χ3v) is 4.28.